The molecule has 0 radical (unpaired) electrons. The summed E-state index contributed by atoms with van der Waals surface area (Å²) in [5.74, 6) is -0.801. The third kappa shape index (κ3) is 2.19. The van der Waals surface area contributed by atoms with Crippen LogP contribution in [-0.2, 0) is 4.79 Å². The zero-order valence-electron chi connectivity index (χ0n) is 7.73. The predicted octanol–water partition coefficient (Wildman–Crippen LogP) is 0.838. The van der Waals surface area contributed by atoms with Gasteiger partial charge in [-0.3, -0.25) is 9.69 Å². The molecule has 0 aromatic carbocycles. The fourth-order valence-electron chi connectivity index (χ4n) is 1.83. The molecule has 0 aliphatic carbocycles. The lowest BCUT2D eigenvalue weighted by atomic mass is 10.1. The van der Waals surface area contributed by atoms with E-state index in [4.69, 9.17) is 10.4 Å². The second-order valence-electron chi connectivity index (χ2n) is 3.41. The first-order chi connectivity index (χ1) is 6.16. The summed E-state index contributed by atoms with van der Waals surface area (Å²) in [6.07, 6.45) is 2.40. The molecule has 0 aromatic rings. The summed E-state index contributed by atoms with van der Waals surface area (Å²) in [4.78, 5) is 12.6. The van der Waals surface area contributed by atoms with E-state index in [-0.39, 0.29) is 6.04 Å². The molecule has 1 fully saturated rings. The van der Waals surface area contributed by atoms with E-state index >= 15 is 0 Å². The van der Waals surface area contributed by atoms with E-state index in [1.807, 2.05) is 4.90 Å². The van der Waals surface area contributed by atoms with Gasteiger partial charge < -0.3 is 5.11 Å². The van der Waals surface area contributed by atoms with Gasteiger partial charge in [-0.1, -0.05) is 0 Å². The Morgan fingerprint density at radius 3 is 3.08 bits per heavy atom. The largest absolute Gasteiger partial charge is 0.480 e. The summed E-state index contributed by atoms with van der Waals surface area (Å²) < 4.78 is 0. The molecule has 1 N–H and O–H groups in total. The summed E-state index contributed by atoms with van der Waals surface area (Å²) in [6, 6.07) is 1.79. The first-order valence-corrected chi connectivity index (χ1v) is 4.52. The van der Waals surface area contributed by atoms with Crippen LogP contribution in [0.5, 0.6) is 0 Å². The highest BCUT2D eigenvalue weighted by molar-refractivity contribution is 5.73. The number of likely N-dealkylation sites (tertiary alicyclic amines) is 1. The average molecular weight is 182 g/mol. The van der Waals surface area contributed by atoms with Crippen molar-refractivity contribution in [3.8, 4) is 6.07 Å². The smallest absolute Gasteiger partial charge is 0.320 e. The normalized spacial score (nSPS) is 25.4. The van der Waals surface area contributed by atoms with Crippen LogP contribution in [0.25, 0.3) is 0 Å². The van der Waals surface area contributed by atoms with E-state index in [1.165, 1.54) is 0 Å². The molecule has 0 aromatic heterocycles. The number of hydrogen-bond acceptors (Lipinski definition) is 3. The van der Waals surface area contributed by atoms with Crippen molar-refractivity contribution in [2.24, 2.45) is 0 Å². The average Bonchev–Trinajstić information content (AvgIpc) is 2.52. The zero-order valence-corrected chi connectivity index (χ0v) is 7.73. The first kappa shape index (κ1) is 10.0. The number of nitriles is 1. The molecule has 1 aliphatic heterocycles. The lowest BCUT2D eigenvalue weighted by molar-refractivity contribution is -0.142. The monoisotopic (exact) mass is 182 g/mol. The maximum absolute atomic E-state index is 10.7. The molecule has 0 amide bonds. The van der Waals surface area contributed by atoms with Crippen molar-refractivity contribution >= 4 is 5.97 Å². The molecule has 0 saturated carbocycles. The minimum absolute atomic E-state index is 0.149. The number of hydrogen-bond donors (Lipinski definition) is 1. The summed E-state index contributed by atoms with van der Waals surface area (Å²) in [5.41, 5.74) is 0. The Labute approximate surface area is 77.8 Å². The van der Waals surface area contributed by atoms with Gasteiger partial charge in [0.15, 0.2) is 0 Å². The third-order valence-electron chi connectivity index (χ3n) is 2.60. The van der Waals surface area contributed by atoms with Crippen molar-refractivity contribution in [3.63, 3.8) is 0 Å². The summed E-state index contributed by atoms with van der Waals surface area (Å²) in [6.45, 7) is 2.48. The highest BCUT2D eigenvalue weighted by Gasteiger charge is 2.31. The summed E-state index contributed by atoms with van der Waals surface area (Å²) in [7, 11) is 0. The number of carboxylic acids is 1. The minimum Gasteiger partial charge on any atom is -0.480 e. The second kappa shape index (κ2) is 4.24. The molecular formula is C9H14N2O2. The zero-order chi connectivity index (χ0) is 9.84. The van der Waals surface area contributed by atoms with E-state index < -0.39 is 12.0 Å². The Balaban J connectivity index is 2.58. The van der Waals surface area contributed by atoms with Gasteiger partial charge in [-0.15, -0.1) is 0 Å². The van der Waals surface area contributed by atoms with Gasteiger partial charge in [0.2, 0.25) is 0 Å². The fourth-order valence-corrected chi connectivity index (χ4v) is 1.83. The molecule has 4 heteroatoms. The molecule has 1 saturated heterocycles. The van der Waals surface area contributed by atoms with Crippen molar-refractivity contribution < 1.29 is 9.90 Å². The molecule has 1 aliphatic rings. The molecule has 1 rings (SSSR count). The maximum atomic E-state index is 10.7. The number of rotatable bonds is 3. The van der Waals surface area contributed by atoms with Gasteiger partial charge in [0.25, 0.3) is 0 Å². The van der Waals surface area contributed by atoms with Crippen molar-refractivity contribution in [3.05, 3.63) is 0 Å². The second-order valence-corrected chi connectivity index (χ2v) is 3.41. The molecule has 72 valence electrons. The van der Waals surface area contributed by atoms with Crippen molar-refractivity contribution in [1.82, 2.24) is 4.90 Å². The van der Waals surface area contributed by atoms with Gasteiger partial charge in [-0.05, 0) is 26.3 Å². The lowest BCUT2D eigenvalue weighted by Crippen LogP contribution is -2.41. The van der Waals surface area contributed by atoms with Crippen molar-refractivity contribution in [1.29, 1.82) is 5.26 Å². The molecule has 1 heterocycles. The van der Waals surface area contributed by atoms with E-state index in [0.717, 1.165) is 19.4 Å². The molecule has 4 nitrogen and oxygen atoms in total. The molecule has 0 bridgehead atoms. The Hall–Kier alpha value is -1.08. The van der Waals surface area contributed by atoms with Gasteiger partial charge in [-0.25, -0.2) is 0 Å². The Morgan fingerprint density at radius 2 is 2.54 bits per heavy atom. The highest BCUT2D eigenvalue weighted by atomic mass is 16.4. The number of carbonyl (C=O) groups is 1. The SMILES string of the molecule is CC(C(=O)O)N1CCCC1CC#N. The molecule has 0 spiro atoms. The van der Waals surface area contributed by atoms with Crippen LogP contribution in [0.1, 0.15) is 26.2 Å². The Morgan fingerprint density at radius 1 is 1.85 bits per heavy atom. The number of aliphatic carboxylic acids is 1. The van der Waals surface area contributed by atoms with Crippen LogP contribution in [0, 0.1) is 11.3 Å². The summed E-state index contributed by atoms with van der Waals surface area (Å²) >= 11 is 0. The quantitative estimate of drug-likeness (QED) is 0.702. The van der Waals surface area contributed by atoms with Crippen molar-refractivity contribution in [2.45, 2.75) is 38.3 Å². The van der Waals surface area contributed by atoms with Gasteiger partial charge >= 0.3 is 5.97 Å². The first-order valence-electron chi connectivity index (χ1n) is 4.52. The van der Waals surface area contributed by atoms with Gasteiger partial charge in [0.1, 0.15) is 6.04 Å². The minimum atomic E-state index is -0.801. The van der Waals surface area contributed by atoms with Gasteiger partial charge in [-0.2, -0.15) is 5.26 Å². The van der Waals surface area contributed by atoms with Crippen LogP contribution in [-0.4, -0.2) is 34.6 Å². The number of nitrogens with zero attached hydrogens (tertiary/aromatic N) is 2. The highest BCUT2D eigenvalue weighted by Crippen LogP contribution is 2.22. The lowest BCUT2D eigenvalue weighted by Gasteiger charge is -2.26. The standard InChI is InChI=1S/C9H14N2O2/c1-7(9(12)13)11-6-2-3-8(11)4-5-10/h7-8H,2-4,6H2,1H3,(H,12,13). The van der Waals surface area contributed by atoms with Gasteiger partial charge in [0, 0.05) is 6.04 Å². The molecular weight excluding hydrogens is 168 g/mol. The topological polar surface area (TPSA) is 64.3 Å². The van der Waals surface area contributed by atoms with Crippen molar-refractivity contribution in [2.75, 3.05) is 6.54 Å². The van der Waals surface area contributed by atoms with Crippen LogP contribution in [0.15, 0.2) is 0 Å². The Bertz CT molecular complexity index is 234. The third-order valence-corrected chi connectivity index (χ3v) is 2.60. The van der Waals surface area contributed by atoms with E-state index in [0.29, 0.717) is 6.42 Å². The van der Waals surface area contributed by atoms with Crippen LogP contribution in [0.3, 0.4) is 0 Å². The summed E-state index contributed by atoms with van der Waals surface area (Å²) in [5, 5.41) is 17.3. The van der Waals surface area contributed by atoms with E-state index in [9.17, 15) is 4.79 Å². The maximum Gasteiger partial charge on any atom is 0.320 e. The molecule has 2 atom stereocenters. The van der Waals surface area contributed by atoms with Crippen LogP contribution < -0.4 is 0 Å². The predicted molar refractivity (Wildman–Crippen MR) is 47.1 cm³/mol. The van der Waals surface area contributed by atoms with Crippen LogP contribution >= 0.6 is 0 Å². The van der Waals surface area contributed by atoms with Crippen LogP contribution in [0.2, 0.25) is 0 Å². The van der Waals surface area contributed by atoms with E-state index in [1.54, 1.807) is 6.92 Å². The molecule has 13 heavy (non-hydrogen) atoms. The van der Waals surface area contributed by atoms with Gasteiger partial charge in [0.05, 0.1) is 12.5 Å². The number of carboxylic acid groups (broad SMARTS) is 1. The fraction of sp³-hybridized carbons (Fsp3) is 0.778. The Kier molecular flexibility index (Phi) is 3.26. The van der Waals surface area contributed by atoms with Crippen LogP contribution in [0.4, 0.5) is 0 Å². The molecule has 2 unspecified atom stereocenters. The van der Waals surface area contributed by atoms with E-state index in [2.05, 4.69) is 6.07 Å².